The molecule has 0 fully saturated rings. The predicted molar refractivity (Wildman–Crippen MR) is 131 cm³/mol. The van der Waals surface area contributed by atoms with Crippen molar-refractivity contribution in [3.8, 4) is 22.9 Å². The number of hydrogen-bond acceptors (Lipinski definition) is 7. The Bertz CT molecular complexity index is 1300. The maximum Gasteiger partial charge on any atom is 0.291 e. The zero-order chi connectivity index (χ0) is 23.0. The van der Waals surface area contributed by atoms with Crippen molar-refractivity contribution in [2.45, 2.75) is 45.4 Å². The van der Waals surface area contributed by atoms with E-state index in [0.717, 1.165) is 17.5 Å². The van der Waals surface area contributed by atoms with Gasteiger partial charge in [-0.15, -0.1) is 5.10 Å². The van der Waals surface area contributed by atoms with E-state index in [4.69, 9.17) is 9.47 Å². The quantitative estimate of drug-likeness (QED) is 0.304. The van der Waals surface area contributed by atoms with Crippen molar-refractivity contribution in [1.29, 1.82) is 0 Å². The number of fused-ring (bicyclic) bond motifs is 1. The molecule has 0 aliphatic rings. The molecule has 7 nitrogen and oxygen atoms in total. The van der Waals surface area contributed by atoms with Gasteiger partial charge in [-0.3, -0.25) is 9.78 Å². The number of benzene rings is 1. The summed E-state index contributed by atoms with van der Waals surface area (Å²) in [5.41, 5.74) is 1.44. The average molecular weight is 465 g/mol. The van der Waals surface area contributed by atoms with Crippen molar-refractivity contribution in [3.05, 3.63) is 63.2 Å². The standard InChI is InChI=1S/C25H28N4O3S/c1-3-4-5-6-7-8-14-32-20-12-11-18(15-21(20)31-2)16-22-24(30)29-25(33-22)27-23(28-29)19-10-9-13-26-17-19/h9-13,15-17H,3-8,14H2,1-2H3/b22-16-. The van der Waals surface area contributed by atoms with Gasteiger partial charge in [-0.2, -0.15) is 9.50 Å². The van der Waals surface area contributed by atoms with Crippen LogP contribution < -0.4 is 19.6 Å². The first-order chi connectivity index (χ1) is 16.2. The van der Waals surface area contributed by atoms with E-state index in [-0.39, 0.29) is 5.56 Å². The van der Waals surface area contributed by atoms with Gasteiger partial charge in [0.05, 0.1) is 18.2 Å². The first-order valence-electron chi connectivity index (χ1n) is 11.3. The number of unbranched alkanes of at least 4 members (excludes halogenated alkanes) is 5. The summed E-state index contributed by atoms with van der Waals surface area (Å²) < 4.78 is 13.3. The lowest BCUT2D eigenvalue weighted by atomic mass is 10.1. The molecule has 0 atom stereocenters. The Labute approximate surface area is 196 Å². The van der Waals surface area contributed by atoms with Crippen LogP contribution in [0.25, 0.3) is 22.4 Å². The Hall–Kier alpha value is -3.26. The van der Waals surface area contributed by atoms with E-state index in [0.29, 0.717) is 33.4 Å². The fraction of sp³-hybridized carbons (Fsp3) is 0.360. The van der Waals surface area contributed by atoms with Crippen LogP contribution in [-0.2, 0) is 0 Å². The number of aromatic nitrogens is 4. The number of thiazole rings is 1. The summed E-state index contributed by atoms with van der Waals surface area (Å²) >= 11 is 1.31. The topological polar surface area (TPSA) is 78.6 Å². The van der Waals surface area contributed by atoms with Crippen molar-refractivity contribution in [3.63, 3.8) is 0 Å². The third-order valence-electron chi connectivity index (χ3n) is 5.34. The summed E-state index contributed by atoms with van der Waals surface area (Å²) in [4.78, 5) is 22.0. The van der Waals surface area contributed by atoms with E-state index in [2.05, 4.69) is 22.0 Å². The first-order valence-corrected chi connectivity index (χ1v) is 12.1. The van der Waals surface area contributed by atoms with Crippen molar-refractivity contribution >= 4 is 22.4 Å². The van der Waals surface area contributed by atoms with Crippen LogP contribution in [0.3, 0.4) is 0 Å². The molecule has 0 saturated heterocycles. The van der Waals surface area contributed by atoms with Gasteiger partial charge in [0.1, 0.15) is 0 Å². The van der Waals surface area contributed by atoms with Crippen molar-refractivity contribution in [2.75, 3.05) is 13.7 Å². The minimum Gasteiger partial charge on any atom is -0.493 e. The zero-order valence-corrected chi connectivity index (χ0v) is 19.8. The van der Waals surface area contributed by atoms with Crippen molar-refractivity contribution in [1.82, 2.24) is 19.6 Å². The summed E-state index contributed by atoms with van der Waals surface area (Å²) in [5.74, 6) is 1.86. The molecule has 0 aliphatic carbocycles. The molecule has 0 radical (unpaired) electrons. The van der Waals surface area contributed by atoms with E-state index in [1.807, 2.05) is 36.4 Å². The molecule has 172 valence electrons. The van der Waals surface area contributed by atoms with E-state index < -0.39 is 0 Å². The van der Waals surface area contributed by atoms with Crippen LogP contribution in [0.1, 0.15) is 51.0 Å². The van der Waals surface area contributed by atoms with E-state index in [9.17, 15) is 4.79 Å². The van der Waals surface area contributed by atoms with Gasteiger partial charge < -0.3 is 9.47 Å². The number of ether oxygens (including phenoxy) is 2. The second-order valence-electron chi connectivity index (χ2n) is 7.81. The molecular formula is C25H28N4O3S. The predicted octanol–water partition coefficient (Wildman–Crippen LogP) is 4.51. The van der Waals surface area contributed by atoms with Crippen LogP contribution in [0.2, 0.25) is 0 Å². The van der Waals surface area contributed by atoms with E-state index in [1.54, 1.807) is 19.5 Å². The summed E-state index contributed by atoms with van der Waals surface area (Å²) in [6, 6.07) is 9.38. The number of pyridine rings is 1. The SMILES string of the molecule is CCCCCCCCOc1ccc(/C=c2\sc3nc(-c4cccnc4)nn3c2=O)cc1OC. The second-order valence-corrected chi connectivity index (χ2v) is 8.82. The third-order valence-corrected chi connectivity index (χ3v) is 6.30. The van der Waals surface area contributed by atoms with Gasteiger partial charge in [0, 0.05) is 18.0 Å². The summed E-state index contributed by atoms with van der Waals surface area (Å²) in [6.45, 7) is 2.89. The maximum atomic E-state index is 12.8. The minimum absolute atomic E-state index is 0.194. The molecule has 0 amide bonds. The van der Waals surface area contributed by atoms with Crippen LogP contribution >= 0.6 is 11.3 Å². The highest BCUT2D eigenvalue weighted by Crippen LogP contribution is 2.28. The average Bonchev–Trinajstić information content (AvgIpc) is 3.39. The molecule has 4 aromatic rings. The Balaban J connectivity index is 1.47. The van der Waals surface area contributed by atoms with Gasteiger partial charge in [0.25, 0.3) is 5.56 Å². The van der Waals surface area contributed by atoms with E-state index >= 15 is 0 Å². The highest BCUT2D eigenvalue weighted by Gasteiger charge is 2.12. The third kappa shape index (κ3) is 5.57. The van der Waals surface area contributed by atoms with Crippen molar-refractivity contribution < 1.29 is 9.47 Å². The van der Waals surface area contributed by atoms with Gasteiger partial charge in [0.15, 0.2) is 17.3 Å². The summed E-state index contributed by atoms with van der Waals surface area (Å²) in [6.07, 6.45) is 12.5. The maximum absolute atomic E-state index is 12.8. The minimum atomic E-state index is -0.194. The molecule has 0 N–H and O–H groups in total. The Kier molecular flexibility index (Phi) is 7.67. The molecule has 0 saturated carbocycles. The summed E-state index contributed by atoms with van der Waals surface area (Å²) in [5, 5.41) is 4.36. The number of methoxy groups -OCH3 is 1. The molecule has 1 aromatic carbocycles. The lowest BCUT2D eigenvalue weighted by Gasteiger charge is -2.11. The van der Waals surface area contributed by atoms with Crippen LogP contribution in [0.15, 0.2) is 47.5 Å². The van der Waals surface area contributed by atoms with Crippen LogP contribution in [-0.4, -0.2) is 33.3 Å². The number of nitrogens with zero attached hydrogens (tertiary/aromatic N) is 4. The van der Waals surface area contributed by atoms with Gasteiger partial charge in [-0.25, -0.2) is 0 Å². The lowest BCUT2D eigenvalue weighted by molar-refractivity contribution is 0.284. The van der Waals surface area contributed by atoms with Crippen molar-refractivity contribution in [2.24, 2.45) is 0 Å². The Morgan fingerprint density at radius 3 is 2.70 bits per heavy atom. The molecular weight excluding hydrogens is 436 g/mol. The van der Waals surface area contributed by atoms with Crippen LogP contribution in [0.4, 0.5) is 0 Å². The number of hydrogen-bond donors (Lipinski definition) is 0. The molecule has 33 heavy (non-hydrogen) atoms. The summed E-state index contributed by atoms with van der Waals surface area (Å²) in [7, 11) is 1.62. The Morgan fingerprint density at radius 2 is 1.94 bits per heavy atom. The zero-order valence-electron chi connectivity index (χ0n) is 19.0. The van der Waals surface area contributed by atoms with E-state index in [1.165, 1.54) is 48.0 Å². The second kappa shape index (κ2) is 11.0. The normalized spacial score (nSPS) is 11.9. The molecule has 8 heteroatoms. The molecule has 4 rings (SSSR count). The molecule has 0 bridgehead atoms. The highest BCUT2D eigenvalue weighted by molar-refractivity contribution is 7.15. The van der Waals surface area contributed by atoms with Gasteiger partial charge >= 0.3 is 0 Å². The molecule has 3 heterocycles. The smallest absolute Gasteiger partial charge is 0.291 e. The van der Waals surface area contributed by atoms with Crippen LogP contribution in [0, 0.1) is 0 Å². The van der Waals surface area contributed by atoms with Gasteiger partial charge in [0.2, 0.25) is 4.96 Å². The fourth-order valence-corrected chi connectivity index (χ4v) is 4.47. The van der Waals surface area contributed by atoms with Crippen LogP contribution in [0.5, 0.6) is 11.5 Å². The molecule has 3 aromatic heterocycles. The fourth-order valence-electron chi connectivity index (χ4n) is 3.56. The Morgan fingerprint density at radius 1 is 1.09 bits per heavy atom. The lowest BCUT2D eigenvalue weighted by Crippen LogP contribution is -2.23. The molecule has 0 aliphatic heterocycles. The first kappa shape index (κ1) is 22.9. The largest absolute Gasteiger partial charge is 0.493 e. The monoisotopic (exact) mass is 464 g/mol. The highest BCUT2D eigenvalue weighted by atomic mass is 32.1. The molecule has 0 unspecified atom stereocenters. The van der Waals surface area contributed by atoms with Gasteiger partial charge in [-0.1, -0.05) is 56.4 Å². The number of rotatable bonds is 11. The molecule has 0 spiro atoms. The van der Waals surface area contributed by atoms with Gasteiger partial charge in [-0.05, 0) is 42.3 Å².